The zero-order chi connectivity index (χ0) is 25.1. The summed E-state index contributed by atoms with van der Waals surface area (Å²) in [4.78, 5) is 16.3. The van der Waals surface area contributed by atoms with Crippen molar-refractivity contribution in [2.45, 2.75) is 69.2 Å². The number of aliphatic hydroxyl groups is 1. The number of allylic oxidation sites excluding steroid dienone is 2. The molecule has 3 rings (SSSR count). The van der Waals surface area contributed by atoms with Gasteiger partial charge in [-0.2, -0.15) is 0 Å². The van der Waals surface area contributed by atoms with Crippen LogP contribution in [0.15, 0.2) is 48.2 Å². The molecule has 1 radical (unpaired) electrons. The third-order valence-corrected chi connectivity index (χ3v) is 5.37. The third kappa shape index (κ3) is 8.18. The van der Waals surface area contributed by atoms with E-state index in [-0.39, 0.29) is 37.1 Å². The van der Waals surface area contributed by atoms with Crippen LogP contribution in [0.5, 0.6) is 0 Å². The van der Waals surface area contributed by atoms with E-state index in [2.05, 4.69) is 70.2 Å². The Morgan fingerprint density at radius 3 is 2.03 bits per heavy atom. The van der Waals surface area contributed by atoms with Crippen LogP contribution in [-0.2, 0) is 24.9 Å². The minimum absolute atomic E-state index is 0. The molecule has 1 heterocycles. The normalized spacial score (nSPS) is 12.0. The zero-order valence-corrected chi connectivity index (χ0v) is 24.6. The Morgan fingerprint density at radius 1 is 0.882 bits per heavy atom. The van der Waals surface area contributed by atoms with Gasteiger partial charge in [0, 0.05) is 42.4 Å². The van der Waals surface area contributed by atoms with Crippen LogP contribution in [-0.4, -0.2) is 15.9 Å². The number of hydrogen-bond acceptors (Lipinski definition) is 3. The Labute approximate surface area is 219 Å². The molecule has 0 unspecified atom stereocenters. The largest absolute Gasteiger partial charge is 0.512 e. The average Bonchev–Trinajstić information content (AvgIpc) is 2.66. The minimum Gasteiger partial charge on any atom is -0.512 e. The first-order valence-corrected chi connectivity index (χ1v) is 11.4. The van der Waals surface area contributed by atoms with Crippen molar-refractivity contribution in [1.82, 2.24) is 4.98 Å². The molecule has 34 heavy (non-hydrogen) atoms. The topological polar surface area (TPSA) is 50.2 Å². The first kappa shape index (κ1) is 29.7. The van der Waals surface area contributed by atoms with Gasteiger partial charge in [-0.3, -0.25) is 9.78 Å². The van der Waals surface area contributed by atoms with Crippen molar-refractivity contribution in [1.29, 1.82) is 0 Å². The molecule has 0 spiro atoms. The smallest absolute Gasteiger partial charge is 0.164 e. The molecule has 185 valence electrons. The van der Waals surface area contributed by atoms with E-state index >= 15 is 0 Å². The molecule has 0 fully saturated rings. The summed E-state index contributed by atoms with van der Waals surface area (Å²) in [5, 5.41) is 10.8. The van der Waals surface area contributed by atoms with Gasteiger partial charge in [-0.25, -0.2) is 0 Å². The van der Waals surface area contributed by atoms with Gasteiger partial charge in [-0.1, -0.05) is 73.1 Å². The van der Waals surface area contributed by atoms with Crippen LogP contribution < -0.4 is 0 Å². The van der Waals surface area contributed by atoms with Crippen LogP contribution in [0.1, 0.15) is 63.8 Å². The number of ketones is 1. The Balaban J connectivity index is 0.000000364. The number of aliphatic hydroxyl groups excluding tert-OH is 1. The van der Waals surface area contributed by atoms with Crippen LogP contribution in [0, 0.1) is 44.6 Å². The average molecular weight is 637 g/mol. The molecule has 0 aliphatic carbocycles. The number of carbonyl (C=O) groups excluding carboxylic acids is 1. The number of aryl methyl sites for hydroxylation is 4. The molecule has 0 saturated heterocycles. The van der Waals surface area contributed by atoms with Crippen molar-refractivity contribution < 1.29 is 30.0 Å². The maximum Gasteiger partial charge on any atom is 0.164 e. The number of aromatic nitrogens is 1. The maximum absolute atomic E-state index is 11.5. The summed E-state index contributed by atoms with van der Waals surface area (Å²) in [6.45, 7) is 19.6. The second-order valence-corrected chi connectivity index (χ2v) is 11.0. The molecule has 0 amide bonds. The van der Waals surface area contributed by atoms with E-state index < -0.39 is 5.41 Å². The molecule has 0 atom stereocenters. The van der Waals surface area contributed by atoms with Crippen molar-refractivity contribution in [3.8, 4) is 11.3 Å². The Morgan fingerprint density at radius 2 is 1.50 bits per heavy atom. The van der Waals surface area contributed by atoms with Crippen LogP contribution in [0.2, 0.25) is 0 Å². The van der Waals surface area contributed by atoms with Crippen molar-refractivity contribution in [2.75, 3.05) is 0 Å². The number of pyridine rings is 1. The molecule has 0 bridgehead atoms. The monoisotopic (exact) mass is 637 g/mol. The van der Waals surface area contributed by atoms with Crippen LogP contribution in [0.4, 0.5) is 0 Å². The Bertz CT molecular complexity index is 1170. The van der Waals surface area contributed by atoms with Gasteiger partial charge in [-0.15, -0.1) is 34.9 Å². The number of nitrogens with zero attached hydrogens (tertiary/aromatic N) is 1. The third-order valence-electron chi connectivity index (χ3n) is 5.37. The van der Waals surface area contributed by atoms with E-state index in [4.69, 9.17) is 4.98 Å². The minimum atomic E-state index is -0.417. The fourth-order valence-electron chi connectivity index (χ4n) is 3.24. The number of fused-ring (bicyclic) bond motifs is 1. The second-order valence-electron chi connectivity index (χ2n) is 11.0. The van der Waals surface area contributed by atoms with Gasteiger partial charge in [0.1, 0.15) is 5.76 Å². The molecule has 0 aliphatic heterocycles. The molecule has 1 N–H and O–H groups in total. The maximum atomic E-state index is 11.5. The summed E-state index contributed by atoms with van der Waals surface area (Å²) >= 11 is 0. The molecule has 3 aromatic rings. The summed E-state index contributed by atoms with van der Waals surface area (Å²) in [5.74, 6) is 0.104. The zero-order valence-electron chi connectivity index (χ0n) is 22.2. The fourth-order valence-corrected chi connectivity index (χ4v) is 3.24. The molecular formula is C30H38IrNO2-. The summed E-state index contributed by atoms with van der Waals surface area (Å²) in [6.07, 6.45) is 1.33. The van der Waals surface area contributed by atoms with Gasteiger partial charge in [-0.05, 0) is 37.2 Å². The van der Waals surface area contributed by atoms with Crippen molar-refractivity contribution >= 4 is 16.7 Å². The summed E-state index contributed by atoms with van der Waals surface area (Å²) in [5.41, 5.74) is 7.31. The van der Waals surface area contributed by atoms with Gasteiger partial charge in [0.2, 0.25) is 0 Å². The first-order chi connectivity index (χ1) is 15.1. The standard InChI is InChI=1S/C19H18N.C11H20O2.Ir/c1-12-5-6-18-17(10-12)15(4)11-19(20-18)16-8-13(2)7-14(3)9-16;1-10(2,3)8(12)7-9(13)11(4,5)6;/h5-8,10-11H,1-4H3;7,12H,1-6H3;/q-1;;/b;8-7-;. The Hall–Kier alpha value is -2.29. The van der Waals surface area contributed by atoms with Crippen molar-refractivity contribution in [3.05, 3.63) is 76.6 Å². The van der Waals surface area contributed by atoms with E-state index in [1.54, 1.807) is 0 Å². The van der Waals surface area contributed by atoms with Crippen LogP contribution in [0.3, 0.4) is 0 Å². The predicted molar refractivity (Wildman–Crippen MR) is 140 cm³/mol. The van der Waals surface area contributed by atoms with Crippen LogP contribution in [0.25, 0.3) is 22.2 Å². The second kappa shape index (κ2) is 11.4. The molecule has 0 saturated carbocycles. The summed E-state index contributed by atoms with van der Waals surface area (Å²) < 4.78 is 0. The van der Waals surface area contributed by atoms with Crippen LogP contribution >= 0.6 is 0 Å². The SMILES string of the molecule is CC(C)(C)C(=O)/C=C(\O)C(C)(C)C.Cc1[c-]c(-c2cc(C)c3cc(C)ccc3n2)cc(C)c1.[Ir]. The summed E-state index contributed by atoms with van der Waals surface area (Å²) in [6, 6.07) is 16.3. The van der Waals surface area contributed by atoms with Gasteiger partial charge in [0.25, 0.3) is 0 Å². The summed E-state index contributed by atoms with van der Waals surface area (Å²) in [7, 11) is 0. The van der Waals surface area contributed by atoms with Crippen molar-refractivity contribution in [2.24, 2.45) is 10.8 Å². The molecule has 4 heteroatoms. The van der Waals surface area contributed by atoms with E-state index in [1.165, 1.54) is 28.2 Å². The molecule has 0 aliphatic rings. The van der Waals surface area contributed by atoms with E-state index in [0.29, 0.717) is 0 Å². The number of benzene rings is 2. The predicted octanol–water partition coefficient (Wildman–Crippen LogP) is 8.02. The molecular weight excluding hydrogens is 599 g/mol. The first-order valence-electron chi connectivity index (χ1n) is 11.4. The van der Waals surface area contributed by atoms with Gasteiger partial charge in [0.15, 0.2) is 5.78 Å². The van der Waals surface area contributed by atoms with Gasteiger partial charge in [0.05, 0.1) is 5.52 Å². The molecule has 3 nitrogen and oxygen atoms in total. The number of carbonyl (C=O) groups is 1. The molecule has 2 aromatic carbocycles. The number of rotatable bonds is 2. The Kier molecular flexibility index (Phi) is 9.99. The number of hydrogen-bond donors (Lipinski definition) is 1. The fraction of sp³-hybridized carbons (Fsp3) is 0.400. The van der Waals surface area contributed by atoms with E-state index in [0.717, 1.165) is 22.3 Å². The van der Waals surface area contributed by atoms with E-state index in [9.17, 15) is 9.90 Å². The van der Waals surface area contributed by atoms with Gasteiger partial charge < -0.3 is 5.11 Å². The molecule has 1 aromatic heterocycles. The van der Waals surface area contributed by atoms with Crippen molar-refractivity contribution in [3.63, 3.8) is 0 Å². The van der Waals surface area contributed by atoms with E-state index in [1.807, 2.05) is 41.5 Å². The quantitative estimate of drug-likeness (QED) is 0.176. The van der Waals surface area contributed by atoms with Gasteiger partial charge >= 0.3 is 0 Å².